The zero-order valence-corrected chi connectivity index (χ0v) is 14.2. The zero-order chi connectivity index (χ0) is 17.6. The number of halogens is 2. The molecule has 1 saturated heterocycles. The molecule has 2 atom stereocenters. The molecule has 2 aliphatic rings. The maximum Gasteiger partial charge on any atom is 0.341 e. The zero-order valence-electron chi connectivity index (χ0n) is 12.6. The molecule has 25 heavy (non-hydrogen) atoms. The molecule has 0 saturated carbocycles. The van der Waals surface area contributed by atoms with Crippen LogP contribution in [0.1, 0.15) is 11.1 Å². The Balaban J connectivity index is 1.86. The Morgan fingerprint density at radius 3 is 1.40 bits per heavy atom. The quantitative estimate of drug-likeness (QED) is 0.600. The molecule has 7 heteroatoms. The minimum atomic E-state index is -0.950. The molecule has 2 unspecified atom stereocenters. The van der Waals surface area contributed by atoms with Gasteiger partial charge in [0.25, 0.3) is 0 Å². The third-order valence-corrected chi connectivity index (χ3v) is 4.48. The average molecular weight is 373 g/mol. The number of ether oxygens (including phenoxy) is 1. The summed E-state index contributed by atoms with van der Waals surface area (Å²) >= 11 is 11.9. The highest BCUT2D eigenvalue weighted by Gasteiger charge is 2.47. The van der Waals surface area contributed by atoms with Gasteiger partial charge in [-0.15, -0.1) is 0 Å². The molecular weight excluding hydrogens is 363 g/mol. The Kier molecular flexibility index (Phi) is 3.90. The predicted molar refractivity (Wildman–Crippen MR) is 94.7 cm³/mol. The first-order valence-electron chi connectivity index (χ1n) is 7.46. The third kappa shape index (κ3) is 2.86. The summed E-state index contributed by atoms with van der Waals surface area (Å²) in [5, 5.41) is 1.16. The summed E-state index contributed by atoms with van der Waals surface area (Å²) in [7, 11) is 0. The Morgan fingerprint density at radius 1 is 0.680 bits per heavy atom. The van der Waals surface area contributed by atoms with Crippen molar-refractivity contribution in [3.05, 3.63) is 69.7 Å². The minimum Gasteiger partial charge on any atom is -0.390 e. The number of benzene rings is 2. The van der Waals surface area contributed by atoms with E-state index in [2.05, 4.69) is 14.7 Å². The summed E-state index contributed by atoms with van der Waals surface area (Å²) in [5.74, 6) is -1.36. The monoisotopic (exact) mass is 372 g/mol. The van der Waals surface area contributed by atoms with E-state index in [-0.39, 0.29) is 0 Å². The smallest absolute Gasteiger partial charge is 0.341 e. The fourth-order valence-corrected chi connectivity index (χ4v) is 3.01. The molecule has 0 amide bonds. The van der Waals surface area contributed by atoms with Crippen molar-refractivity contribution in [3.8, 4) is 0 Å². The van der Waals surface area contributed by atoms with Gasteiger partial charge in [-0.05, 0) is 24.3 Å². The molecule has 4 rings (SSSR count). The second kappa shape index (κ2) is 6.10. The fourth-order valence-electron chi connectivity index (χ4n) is 2.76. The van der Waals surface area contributed by atoms with Gasteiger partial charge in [0.2, 0.25) is 0 Å². The number of fused-ring (bicyclic) bond motifs is 1. The maximum absolute atomic E-state index is 11.9. The standard InChI is InChI=1S/C18H10Cl2N2O3/c19-11-5-1-9(2-6-11)13-14(10-3-7-12(20)8-4-10)22-16-15(21-13)17(23)25-18(16)24/h1-8,15-16H. The van der Waals surface area contributed by atoms with Gasteiger partial charge in [-0.25, -0.2) is 9.59 Å². The first-order chi connectivity index (χ1) is 12.0. The summed E-state index contributed by atoms with van der Waals surface area (Å²) in [6.45, 7) is 0. The highest BCUT2D eigenvalue weighted by atomic mass is 35.5. The number of esters is 2. The first-order valence-corrected chi connectivity index (χ1v) is 8.22. The van der Waals surface area contributed by atoms with E-state index >= 15 is 0 Å². The van der Waals surface area contributed by atoms with Crippen molar-refractivity contribution in [2.24, 2.45) is 9.98 Å². The largest absolute Gasteiger partial charge is 0.390 e. The Labute approximate surface area is 153 Å². The van der Waals surface area contributed by atoms with Crippen molar-refractivity contribution >= 4 is 46.6 Å². The molecule has 2 aromatic rings. The highest BCUT2D eigenvalue weighted by molar-refractivity contribution is 6.54. The number of hydrogen-bond acceptors (Lipinski definition) is 5. The van der Waals surface area contributed by atoms with E-state index in [0.717, 1.165) is 11.1 Å². The van der Waals surface area contributed by atoms with Gasteiger partial charge >= 0.3 is 11.9 Å². The maximum atomic E-state index is 11.9. The lowest BCUT2D eigenvalue weighted by molar-refractivity contribution is -0.152. The van der Waals surface area contributed by atoms with E-state index in [1.54, 1.807) is 48.5 Å². The van der Waals surface area contributed by atoms with Gasteiger partial charge in [-0.2, -0.15) is 0 Å². The van der Waals surface area contributed by atoms with Gasteiger partial charge in [0.15, 0.2) is 12.1 Å². The second-order valence-corrected chi connectivity index (χ2v) is 6.47. The molecular formula is C18H10Cl2N2O3. The van der Waals surface area contributed by atoms with Crippen LogP contribution in [0.3, 0.4) is 0 Å². The summed E-state index contributed by atoms with van der Waals surface area (Å²) in [6, 6.07) is 12.1. The topological polar surface area (TPSA) is 68.1 Å². The van der Waals surface area contributed by atoms with Gasteiger partial charge in [-0.1, -0.05) is 47.5 Å². The van der Waals surface area contributed by atoms with Gasteiger partial charge in [0.05, 0.1) is 11.4 Å². The van der Waals surface area contributed by atoms with Crippen LogP contribution in [0.2, 0.25) is 10.0 Å². The second-order valence-electron chi connectivity index (χ2n) is 5.60. The summed E-state index contributed by atoms with van der Waals surface area (Å²) in [5.41, 5.74) is 2.49. The van der Waals surface area contributed by atoms with Crippen LogP contribution in [0.25, 0.3) is 0 Å². The van der Waals surface area contributed by atoms with Crippen molar-refractivity contribution in [2.75, 3.05) is 0 Å². The predicted octanol–water partition coefficient (Wildman–Crippen LogP) is 3.11. The molecule has 0 radical (unpaired) electrons. The van der Waals surface area contributed by atoms with Gasteiger partial charge < -0.3 is 4.74 Å². The Morgan fingerprint density at radius 2 is 1.04 bits per heavy atom. The van der Waals surface area contributed by atoms with Crippen LogP contribution in [0.4, 0.5) is 0 Å². The molecule has 2 aromatic carbocycles. The van der Waals surface area contributed by atoms with Crippen molar-refractivity contribution < 1.29 is 14.3 Å². The molecule has 0 aliphatic carbocycles. The number of nitrogens with zero attached hydrogens (tertiary/aromatic N) is 2. The molecule has 2 heterocycles. The van der Waals surface area contributed by atoms with E-state index in [0.29, 0.717) is 21.5 Å². The minimum absolute atomic E-state index is 0.506. The number of rotatable bonds is 2. The van der Waals surface area contributed by atoms with Crippen LogP contribution >= 0.6 is 23.2 Å². The highest BCUT2D eigenvalue weighted by Crippen LogP contribution is 2.26. The number of cyclic esters (lactones) is 2. The van der Waals surface area contributed by atoms with Gasteiger partial charge in [-0.3, -0.25) is 9.98 Å². The molecule has 124 valence electrons. The van der Waals surface area contributed by atoms with E-state index < -0.39 is 24.0 Å². The van der Waals surface area contributed by atoms with E-state index in [9.17, 15) is 9.59 Å². The van der Waals surface area contributed by atoms with Crippen molar-refractivity contribution in [1.29, 1.82) is 0 Å². The normalized spacial score (nSPS) is 22.2. The lowest BCUT2D eigenvalue weighted by Crippen LogP contribution is -2.36. The van der Waals surface area contributed by atoms with Crippen LogP contribution < -0.4 is 0 Å². The molecule has 0 N–H and O–H groups in total. The van der Waals surface area contributed by atoms with Gasteiger partial charge in [0, 0.05) is 21.2 Å². The van der Waals surface area contributed by atoms with E-state index in [4.69, 9.17) is 23.2 Å². The summed E-state index contributed by atoms with van der Waals surface area (Å²) in [4.78, 5) is 32.7. The van der Waals surface area contributed by atoms with Crippen LogP contribution in [-0.2, 0) is 14.3 Å². The van der Waals surface area contributed by atoms with E-state index in [1.807, 2.05) is 0 Å². The van der Waals surface area contributed by atoms with Crippen molar-refractivity contribution in [3.63, 3.8) is 0 Å². The van der Waals surface area contributed by atoms with Crippen molar-refractivity contribution in [1.82, 2.24) is 0 Å². The molecule has 1 fully saturated rings. The van der Waals surface area contributed by atoms with E-state index in [1.165, 1.54) is 0 Å². The average Bonchev–Trinajstić information content (AvgIpc) is 2.89. The van der Waals surface area contributed by atoms with Crippen LogP contribution in [-0.4, -0.2) is 35.4 Å². The first kappa shape index (κ1) is 16.0. The fraction of sp³-hybridized carbons (Fsp3) is 0.111. The lowest BCUT2D eigenvalue weighted by atomic mass is 9.96. The molecule has 0 bridgehead atoms. The Bertz CT molecular complexity index is 856. The number of aliphatic imine (C=N–C) groups is 2. The number of hydrogen-bond donors (Lipinski definition) is 0. The lowest BCUT2D eigenvalue weighted by Gasteiger charge is -2.20. The number of carbonyl (C=O) groups excluding carboxylic acids is 2. The Hall–Kier alpha value is -2.50. The number of carbonyl (C=O) groups is 2. The van der Waals surface area contributed by atoms with Gasteiger partial charge in [0.1, 0.15) is 0 Å². The molecule has 5 nitrogen and oxygen atoms in total. The van der Waals surface area contributed by atoms with Crippen LogP contribution in [0.5, 0.6) is 0 Å². The van der Waals surface area contributed by atoms with Crippen LogP contribution in [0, 0.1) is 0 Å². The molecule has 2 aliphatic heterocycles. The summed E-state index contributed by atoms with van der Waals surface area (Å²) in [6.07, 6.45) is 0. The molecule has 0 spiro atoms. The third-order valence-electron chi connectivity index (χ3n) is 3.98. The van der Waals surface area contributed by atoms with Crippen LogP contribution in [0.15, 0.2) is 58.5 Å². The summed E-state index contributed by atoms with van der Waals surface area (Å²) < 4.78 is 4.68. The van der Waals surface area contributed by atoms with Crippen molar-refractivity contribution in [2.45, 2.75) is 12.1 Å². The molecule has 0 aromatic heterocycles. The SMILES string of the molecule is O=C1OC(=O)C2N=C(c3ccc(Cl)cc3)C(c3ccc(Cl)cc3)=NC12.